The average Bonchev–Trinajstić information content (AvgIpc) is 2.51. The Labute approximate surface area is 124 Å². The second-order valence-corrected chi connectivity index (χ2v) is 4.08. The number of hydrogen-bond acceptors (Lipinski definition) is 3. The summed E-state index contributed by atoms with van der Waals surface area (Å²) < 4.78 is 0. The van der Waals surface area contributed by atoms with Gasteiger partial charge in [0.25, 0.3) is 0 Å². The van der Waals surface area contributed by atoms with Crippen molar-refractivity contribution < 1.29 is 10.2 Å². The highest BCUT2D eigenvalue weighted by atomic mass is 16.3. The van der Waals surface area contributed by atoms with E-state index in [0.29, 0.717) is 11.5 Å². The lowest BCUT2D eigenvalue weighted by atomic mass is 10.3. The maximum atomic E-state index is 8.63. The minimum Gasteiger partial charge on any atom is -0.508 e. The lowest BCUT2D eigenvalue weighted by Crippen LogP contribution is -1.79. The quantitative estimate of drug-likeness (QED) is 0.544. The summed E-state index contributed by atoms with van der Waals surface area (Å²) in [6.07, 6.45) is 0. The lowest BCUT2D eigenvalue weighted by molar-refractivity contribution is 0.475. The zero-order valence-corrected chi connectivity index (χ0v) is 11.6. The van der Waals surface area contributed by atoms with Gasteiger partial charge in [0.1, 0.15) is 11.5 Å². The highest BCUT2D eigenvalue weighted by Crippen LogP contribution is 2.03. The Morgan fingerprint density at radius 1 is 0.476 bits per heavy atom. The van der Waals surface area contributed by atoms with E-state index in [4.69, 9.17) is 15.9 Å². The van der Waals surface area contributed by atoms with Crippen LogP contribution in [0, 0.1) is 0 Å². The van der Waals surface area contributed by atoms with Crippen molar-refractivity contribution >= 4 is 5.69 Å². The van der Waals surface area contributed by atoms with Crippen molar-refractivity contribution in [2.45, 2.75) is 0 Å². The lowest BCUT2D eigenvalue weighted by Gasteiger charge is -1.83. The second-order valence-electron chi connectivity index (χ2n) is 4.08. The molecule has 0 fully saturated rings. The van der Waals surface area contributed by atoms with Crippen LogP contribution in [0.15, 0.2) is 91.0 Å². The molecule has 0 saturated heterocycles. The summed E-state index contributed by atoms with van der Waals surface area (Å²) in [4.78, 5) is 0. The molecule has 0 aliphatic carbocycles. The van der Waals surface area contributed by atoms with E-state index in [2.05, 4.69) is 0 Å². The van der Waals surface area contributed by atoms with E-state index >= 15 is 0 Å². The van der Waals surface area contributed by atoms with Gasteiger partial charge in [0, 0.05) is 5.69 Å². The molecular weight excluding hydrogens is 262 g/mol. The number of para-hydroxylation sites is 3. The van der Waals surface area contributed by atoms with Crippen LogP contribution in [-0.4, -0.2) is 10.2 Å². The average molecular weight is 281 g/mol. The molecule has 0 aliphatic heterocycles. The number of hydrogen-bond donors (Lipinski definition) is 3. The summed E-state index contributed by atoms with van der Waals surface area (Å²) in [6.45, 7) is 0. The third kappa shape index (κ3) is 8.72. The molecule has 0 unspecified atom stereocenters. The highest BCUT2D eigenvalue weighted by molar-refractivity contribution is 5.35. The number of nitrogen functional groups attached to an aromatic ring is 1. The number of phenolic OH excluding ortho intramolecular Hbond substituents is 2. The molecule has 0 atom stereocenters. The van der Waals surface area contributed by atoms with Crippen LogP contribution in [0.2, 0.25) is 0 Å². The molecule has 0 heterocycles. The van der Waals surface area contributed by atoms with Gasteiger partial charge in [-0.15, -0.1) is 0 Å². The van der Waals surface area contributed by atoms with Crippen LogP contribution in [0.4, 0.5) is 5.69 Å². The van der Waals surface area contributed by atoms with E-state index in [1.54, 1.807) is 48.5 Å². The van der Waals surface area contributed by atoms with Crippen LogP contribution in [-0.2, 0) is 0 Å². The molecule has 0 aromatic heterocycles. The normalized spacial score (nSPS) is 8.57. The molecule has 0 saturated carbocycles. The fourth-order valence-electron chi connectivity index (χ4n) is 1.31. The van der Waals surface area contributed by atoms with Gasteiger partial charge in [-0.25, -0.2) is 0 Å². The van der Waals surface area contributed by atoms with Crippen molar-refractivity contribution in [2.75, 3.05) is 5.73 Å². The van der Waals surface area contributed by atoms with Gasteiger partial charge >= 0.3 is 0 Å². The largest absolute Gasteiger partial charge is 0.508 e. The molecule has 21 heavy (non-hydrogen) atoms. The molecule has 0 bridgehead atoms. The van der Waals surface area contributed by atoms with Gasteiger partial charge in [0.05, 0.1) is 0 Å². The molecule has 3 aromatic rings. The molecule has 3 aromatic carbocycles. The van der Waals surface area contributed by atoms with E-state index in [0.717, 1.165) is 5.69 Å². The molecule has 3 nitrogen and oxygen atoms in total. The van der Waals surface area contributed by atoms with Crippen LogP contribution in [0.1, 0.15) is 0 Å². The van der Waals surface area contributed by atoms with E-state index in [1.807, 2.05) is 42.5 Å². The van der Waals surface area contributed by atoms with Crippen LogP contribution in [0.3, 0.4) is 0 Å². The SMILES string of the molecule is Nc1ccccc1.Oc1ccccc1.Oc1ccccc1. The fourth-order valence-corrected chi connectivity index (χ4v) is 1.31. The first-order valence-electron chi connectivity index (χ1n) is 6.47. The minimum absolute atomic E-state index is 0.322. The standard InChI is InChI=1S/C6H7N.2C6H6O/c3*7-6-4-2-1-3-5-6/h1-5H,7H2;2*1-5,7H. The topological polar surface area (TPSA) is 66.5 Å². The summed E-state index contributed by atoms with van der Waals surface area (Å²) >= 11 is 0. The Hall–Kier alpha value is -2.94. The number of phenols is 2. The predicted molar refractivity (Wildman–Crippen MR) is 87.1 cm³/mol. The third-order valence-electron chi connectivity index (χ3n) is 2.31. The van der Waals surface area contributed by atoms with E-state index in [9.17, 15) is 0 Å². The van der Waals surface area contributed by atoms with Crippen molar-refractivity contribution in [1.29, 1.82) is 0 Å². The molecule has 3 rings (SSSR count). The number of rotatable bonds is 0. The molecule has 3 heteroatoms. The smallest absolute Gasteiger partial charge is 0.115 e. The molecule has 0 radical (unpaired) electrons. The minimum atomic E-state index is 0.322. The monoisotopic (exact) mass is 281 g/mol. The maximum absolute atomic E-state index is 8.63. The molecule has 0 spiro atoms. The summed E-state index contributed by atoms with van der Waals surface area (Å²) in [6, 6.07) is 26.9. The number of anilines is 1. The van der Waals surface area contributed by atoms with Gasteiger partial charge in [-0.2, -0.15) is 0 Å². The summed E-state index contributed by atoms with van der Waals surface area (Å²) in [7, 11) is 0. The summed E-state index contributed by atoms with van der Waals surface area (Å²) in [5.41, 5.74) is 6.18. The van der Waals surface area contributed by atoms with Crippen LogP contribution in [0.25, 0.3) is 0 Å². The number of benzene rings is 3. The Bertz CT molecular complexity index is 494. The van der Waals surface area contributed by atoms with Crippen LogP contribution in [0.5, 0.6) is 11.5 Å². The first-order chi connectivity index (χ1) is 10.2. The maximum Gasteiger partial charge on any atom is 0.115 e. The zero-order chi connectivity index (χ0) is 15.3. The van der Waals surface area contributed by atoms with Crippen molar-refractivity contribution in [3.63, 3.8) is 0 Å². The predicted octanol–water partition coefficient (Wildman–Crippen LogP) is 4.05. The van der Waals surface area contributed by atoms with Gasteiger partial charge in [-0.3, -0.25) is 0 Å². The van der Waals surface area contributed by atoms with Gasteiger partial charge in [0.15, 0.2) is 0 Å². The Kier molecular flexibility index (Phi) is 7.61. The molecule has 4 N–H and O–H groups in total. The Morgan fingerprint density at radius 3 is 0.905 bits per heavy atom. The Morgan fingerprint density at radius 2 is 0.762 bits per heavy atom. The fraction of sp³-hybridized carbons (Fsp3) is 0. The van der Waals surface area contributed by atoms with Crippen LogP contribution < -0.4 is 5.73 Å². The first-order valence-corrected chi connectivity index (χ1v) is 6.47. The number of nitrogens with two attached hydrogens (primary N) is 1. The van der Waals surface area contributed by atoms with Gasteiger partial charge in [-0.05, 0) is 36.4 Å². The van der Waals surface area contributed by atoms with Crippen molar-refractivity contribution in [2.24, 2.45) is 0 Å². The molecular formula is C18H19NO2. The first kappa shape index (κ1) is 16.1. The Balaban J connectivity index is 0.000000157. The van der Waals surface area contributed by atoms with Crippen molar-refractivity contribution in [3.05, 3.63) is 91.0 Å². The summed E-state index contributed by atoms with van der Waals surface area (Å²) in [5, 5.41) is 17.3. The van der Waals surface area contributed by atoms with Gasteiger partial charge in [-0.1, -0.05) is 54.6 Å². The van der Waals surface area contributed by atoms with Crippen molar-refractivity contribution in [3.8, 4) is 11.5 Å². The van der Waals surface area contributed by atoms with Gasteiger partial charge < -0.3 is 15.9 Å². The molecule has 0 aliphatic rings. The van der Waals surface area contributed by atoms with Crippen LogP contribution >= 0.6 is 0 Å². The highest BCUT2D eigenvalue weighted by Gasteiger charge is 1.75. The second kappa shape index (κ2) is 9.92. The van der Waals surface area contributed by atoms with Crippen molar-refractivity contribution in [1.82, 2.24) is 0 Å². The number of aromatic hydroxyl groups is 2. The summed E-state index contributed by atoms with van der Waals surface area (Å²) in [5.74, 6) is 0.644. The zero-order valence-electron chi connectivity index (χ0n) is 11.6. The molecule has 108 valence electrons. The van der Waals surface area contributed by atoms with E-state index in [1.165, 1.54) is 0 Å². The molecule has 0 amide bonds. The van der Waals surface area contributed by atoms with E-state index < -0.39 is 0 Å². The van der Waals surface area contributed by atoms with Gasteiger partial charge in [0.2, 0.25) is 0 Å². The third-order valence-corrected chi connectivity index (χ3v) is 2.31. The van der Waals surface area contributed by atoms with E-state index in [-0.39, 0.29) is 0 Å².